The number of thiazole rings is 1. The Hall–Kier alpha value is -2.62. The molecule has 0 aliphatic heterocycles. The van der Waals surface area contributed by atoms with E-state index in [4.69, 9.17) is 16.3 Å². The lowest BCUT2D eigenvalue weighted by atomic mass is 10.1. The summed E-state index contributed by atoms with van der Waals surface area (Å²) in [4.78, 5) is 16.8. The molecule has 0 bridgehead atoms. The number of carbonyl (C=O) groups is 1. The molecule has 2 aromatic carbocycles. The van der Waals surface area contributed by atoms with Crippen LogP contribution in [0.3, 0.4) is 0 Å². The van der Waals surface area contributed by atoms with Gasteiger partial charge >= 0.3 is 0 Å². The molecule has 0 aliphatic rings. The molecule has 3 aromatic rings. The average molecular weight is 452 g/mol. The topological polar surface area (TPSA) is 97.4 Å². The number of ether oxygens (including phenoxy) is 1. The number of rotatable bonds is 7. The molecule has 0 unspecified atom stereocenters. The standard InChI is InChI=1S/C19H18ClN3O4S2/c1-12(27-16-5-3-4-14(20)10-16)18(24)22-19-21-17(11-28-19)13-6-8-15(9-7-13)23-29(2,25)26/h3-12,23H,1-2H3,(H,21,22,24)/t12-/m1/s1. The third-order valence-corrected chi connectivity index (χ3v) is 5.30. The summed E-state index contributed by atoms with van der Waals surface area (Å²) in [7, 11) is -3.33. The van der Waals surface area contributed by atoms with Crippen LogP contribution in [0.4, 0.5) is 10.8 Å². The summed E-state index contributed by atoms with van der Waals surface area (Å²) in [6.07, 6.45) is 0.357. The van der Waals surface area contributed by atoms with Gasteiger partial charge in [0.05, 0.1) is 11.9 Å². The van der Waals surface area contributed by atoms with E-state index in [0.29, 0.717) is 27.3 Å². The van der Waals surface area contributed by atoms with Gasteiger partial charge in [0.2, 0.25) is 10.0 Å². The molecule has 0 fully saturated rings. The second kappa shape index (κ2) is 8.81. The number of amides is 1. The van der Waals surface area contributed by atoms with Gasteiger partial charge in [0.15, 0.2) is 11.2 Å². The fraction of sp³-hybridized carbons (Fsp3) is 0.158. The molecule has 2 N–H and O–H groups in total. The first-order chi connectivity index (χ1) is 13.7. The predicted molar refractivity (Wildman–Crippen MR) is 116 cm³/mol. The lowest BCUT2D eigenvalue weighted by Gasteiger charge is -2.13. The van der Waals surface area contributed by atoms with Crippen molar-refractivity contribution in [1.82, 2.24) is 4.98 Å². The van der Waals surface area contributed by atoms with E-state index in [1.54, 1.807) is 60.8 Å². The SMILES string of the molecule is C[C@@H](Oc1cccc(Cl)c1)C(=O)Nc1nc(-c2ccc(NS(C)(=O)=O)cc2)cs1. The summed E-state index contributed by atoms with van der Waals surface area (Å²) in [5, 5.41) is 5.49. The number of halogens is 1. The van der Waals surface area contributed by atoms with Gasteiger partial charge in [-0.15, -0.1) is 11.3 Å². The number of aromatic nitrogens is 1. The smallest absolute Gasteiger partial charge is 0.266 e. The van der Waals surface area contributed by atoms with Crippen LogP contribution in [0.1, 0.15) is 6.92 Å². The van der Waals surface area contributed by atoms with Crippen molar-refractivity contribution in [1.29, 1.82) is 0 Å². The van der Waals surface area contributed by atoms with Crippen molar-refractivity contribution in [3.63, 3.8) is 0 Å². The molecule has 0 aliphatic carbocycles. The number of anilines is 2. The van der Waals surface area contributed by atoms with E-state index >= 15 is 0 Å². The fourth-order valence-electron chi connectivity index (χ4n) is 2.39. The molecular weight excluding hydrogens is 434 g/mol. The number of carbonyl (C=O) groups excluding carboxylic acids is 1. The average Bonchev–Trinajstić information content (AvgIpc) is 3.09. The van der Waals surface area contributed by atoms with E-state index in [-0.39, 0.29) is 5.91 Å². The van der Waals surface area contributed by atoms with Crippen molar-refractivity contribution in [2.75, 3.05) is 16.3 Å². The van der Waals surface area contributed by atoms with Crippen LogP contribution in [-0.2, 0) is 14.8 Å². The molecule has 1 atom stereocenters. The van der Waals surface area contributed by atoms with Gasteiger partial charge in [0.25, 0.3) is 5.91 Å². The Morgan fingerprint density at radius 1 is 1.21 bits per heavy atom. The van der Waals surface area contributed by atoms with Crippen molar-refractivity contribution in [3.8, 4) is 17.0 Å². The van der Waals surface area contributed by atoms with Crippen molar-refractivity contribution in [3.05, 3.63) is 58.9 Å². The Morgan fingerprint density at radius 2 is 1.93 bits per heavy atom. The molecule has 0 saturated carbocycles. The maximum absolute atomic E-state index is 12.4. The number of benzene rings is 2. The molecule has 0 saturated heterocycles. The van der Waals surface area contributed by atoms with Crippen LogP contribution < -0.4 is 14.8 Å². The lowest BCUT2D eigenvalue weighted by molar-refractivity contribution is -0.122. The van der Waals surface area contributed by atoms with Crippen molar-refractivity contribution >= 4 is 49.7 Å². The van der Waals surface area contributed by atoms with Gasteiger partial charge < -0.3 is 4.74 Å². The summed E-state index contributed by atoms with van der Waals surface area (Å²) in [5.41, 5.74) is 1.93. The number of hydrogen-bond donors (Lipinski definition) is 2. The molecule has 1 heterocycles. The number of hydrogen-bond acceptors (Lipinski definition) is 6. The van der Waals surface area contributed by atoms with Crippen LogP contribution in [0.5, 0.6) is 5.75 Å². The Balaban J connectivity index is 1.63. The summed E-state index contributed by atoms with van der Waals surface area (Å²) in [5.74, 6) is 0.168. The van der Waals surface area contributed by atoms with Crippen LogP contribution in [-0.4, -0.2) is 31.7 Å². The minimum Gasteiger partial charge on any atom is -0.481 e. The van der Waals surface area contributed by atoms with Crippen molar-refractivity contribution in [2.24, 2.45) is 0 Å². The minimum absolute atomic E-state index is 0.335. The maximum Gasteiger partial charge on any atom is 0.266 e. The highest BCUT2D eigenvalue weighted by molar-refractivity contribution is 7.92. The van der Waals surface area contributed by atoms with E-state index in [1.165, 1.54) is 11.3 Å². The first kappa shape index (κ1) is 21.1. The highest BCUT2D eigenvalue weighted by Gasteiger charge is 2.17. The van der Waals surface area contributed by atoms with Gasteiger partial charge in [0, 0.05) is 21.7 Å². The van der Waals surface area contributed by atoms with Gasteiger partial charge in [-0.1, -0.05) is 29.8 Å². The van der Waals surface area contributed by atoms with E-state index in [9.17, 15) is 13.2 Å². The van der Waals surface area contributed by atoms with Crippen LogP contribution in [0.25, 0.3) is 11.3 Å². The third-order valence-electron chi connectivity index (χ3n) is 3.70. The van der Waals surface area contributed by atoms with E-state index < -0.39 is 16.1 Å². The number of nitrogens with zero attached hydrogens (tertiary/aromatic N) is 1. The molecule has 152 valence electrons. The molecule has 10 heteroatoms. The molecule has 0 radical (unpaired) electrons. The largest absolute Gasteiger partial charge is 0.481 e. The fourth-order valence-corrected chi connectivity index (χ4v) is 3.86. The monoisotopic (exact) mass is 451 g/mol. The Kier molecular flexibility index (Phi) is 6.41. The lowest BCUT2D eigenvalue weighted by Crippen LogP contribution is -2.30. The van der Waals surface area contributed by atoms with Crippen LogP contribution in [0.15, 0.2) is 53.9 Å². The second-order valence-corrected chi connectivity index (χ2v) is 9.24. The minimum atomic E-state index is -3.33. The molecule has 1 aromatic heterocycles. The predicted octanol–water partition coefficient (Wildman–Crippen LogP) is 4.24. The zero-order chi connectivity index (χ0) is 21.0. The Bertz CT molecular complexity index is 1110. The zero-order valence-corrected chi connectivity index (χ0v) is 17.9. The quantitative estimate of drug-likeness (QED) is 0.559. The van der Waals surface area contributed by atoms with Gasteiger partial charge in [0.1, 0.15) is 5.75 Å². The second-order valence-electron chi connectivity index (χ2n) is 6.20. The molecule has 0 spiro atoms. The van der Waals surface area contributed by atoms with Crippen molar-refractivity contribution < 1.29 is 17.9 Å². The molecule has 3 rings (SSSR count). The summed E-state index contributed by atoms with van der Waals surface area (Å²) >= 11 is 7.20. The summed E-state index contributed by atoms with van der Waals surface area (Å²) in [6.45, 7) is 1.64. The maximum atomic E-state index is 12.4. The highest BCUT2D eigenvalue weighted by atomic mass is 35.5. The van der Waals surface area contributed by atoms with Crippen LogP contribution >= 0.6 is 22.9 Å². The van der Waals surface area contributed by atoms with Gasteiger partial charge in [-0.05, 0) is 37.3 Å². The van der Waals surface area contributed by atoms with E-state index in [2.05, 4.69) is 15.0 Å². The van der Waals surface area contributed by atoms with E-state index in [1.807, 2.05) is 0 Å². The van der Waals surface area contributed by atoms with Crippen LogP contribution in [0.2, 0.25) is 5.02 Å². The molecule has 1 amide bonds. The van der Waals surface area contributed by atoms with Crippen LogP contribution in [0, 0.1) is 0 Å². The first-order valence-corrected chi connectivity index (χ1v) is 11.6. The zero-order valence-electron chi connectivity index (χ0n) is 15.5. The molecular formula is C19H18ClN3O4S2. The summed E-state index contributed by atoms with van der Waals surface area (Å²) in [6, 6.07) is 13.6. The first-order valence-electron chi connectivity index (χ1n) is 8.46. The van der Waals surface area contributed by atoms with Crippen molar-refractivity contribution in [2.45, 2.75) is 13.0 Å². The normalized spacial score (nSPS) is 12.2. The third kappa shape index (κ3) is 6.18. The highest BCUT2D eigenvalue weighted by Crippen LogP contribution is 2.26. The van der Waals surface area contributed by atoms with Gasteiger partial charge in [-0.3, -0.25) is 14.8 Å². The van der Waals surface area contributed by atoms with Gasteiger partial charge in [-0.2, -0.15) is 0 Å². The Morgan fingerprint density at radius 3 is 2.59 bits per heavy atom. The van der Waals surface area contributed by atoms with Gasteiger partial charge in [-0.25, -0.2) is 13.4 Å². The summed E-state index contributed by atoms with van der Waals surface area (Å²) < 4.78 is 30.5. The van der Waals surface area contributed by atoms with E-state index in [0.717, 1.165) is 11.8 Å². The number of sulfonamides is 1. The molecule has 7 nitrogen and oxygen atoms in total. The number of nitrogens with one attached hydrogen (secondary N) is 2. The molecule has 29 heavy (non-hydrogen) atoms. The Labute approximate surface area is 177 Å².